The van der Waals surface area contributed by atoms with Crippen LogP contribution in [0, 0.1) is 0 Å². The van der Waals surface area contributed by atoms with Crippen LogP contribution in [0.25, 0.3) is 0 Å². The van der Waals surface area contributed by atoms with Crippen LogP contribution in [0.5, 0.6) is 5.75 Å². The zero-order valence-corrected chi connectivity index (χ0v) is 15.2. The standard InChI is InChI=1S/C17H22BrNOS/c1-4-14-7-8-15(21-14)11-20-17-10-13(18)6-9-16(17)12(3)19-5-2/h6-10,12,19H,4-5,11H2,1-3H3. The lowest BCUT2D eigenvalue weighted by molar-refractivity contribution is 0.303. The summed E-state index contributed by atoms with van der Waals surface area (Å²) in [5, 5.41) is 3.44. The summed E-state index contributed by atoms with van der Waals surface area (Å²) in [5.74, 6) is 0.948. The van der Waals surface area contributed by atoms with Crippen molar-refractivity contribution in [3.63, 3.8) is 0 Å². The summed E-state index contributed by atoms with van der Waals surface area (Å²) in [7, 11) is 0. The van der Waals surface area contributed by atoms with Crippen LogP contribution in [0.3, 0.4) is 0 Å². The molecule has 0 amide bonds. The molecule has 0 fully saturated rings. The van der Waals surface area contributed by atoms with Crippen molar-refractivity contribution in [1.82, 2.24) is 5.32 Å². The van der Waals surface area contributed by atoms with Crippen molar-refractivity contribution < 1.29 is 4.74 Å². The monoisotopic (exact) mass is 367 g/mol. The van der Waals surface area contributed by atoms with Gasteiger partial charge in [-0.15, -0.1) is 11.3 Å². The highest BCUT2D eigenvalue weighted by atomic mass is 79.9. The molecule has 4 heteroatoms. The molecule has 1 heterocycles. The predicted octanol–water partition coefficient (Wildman–Crippen LogP) is 5.32. The smallest absolute Gasteiger partial charge is 0.125 e. The van der Waals surface area contributed by atoms with Gasteiger partial charge < -0.3 is 10.1 Å². The van der Waals surface area contributed by atoms with Crippen LogP contribution >= 0.6 is 27.3 Å². The molecule has 0 radical (unpaired) electrons. The van der Waals surface area contributed by atoms with Gasteiger partial charge in [-0.05, 0) is 44.2 Å². The van der Waals surface area contributed by atoms with E-state index in [9.17, 15) is 0 Å². The van der Waals surface area contributed by atoms with Gasteiger partial charge in [0.1, 0.15) is 12.4 Å². The maximum absolute atomic E-state index is 6.07. The normalized spacial score (nSPS) is 12.4. The van der Waals surface area contributed by atoms with E-state index >= 15 is 0 Å². The van der Waals surface area contributed by atoms with Gasteiger partial charge >= 0.3 is 0 Å². The Bertz CT molecular complexity index is 582. The van der Waals surface area contributed by atoms with Crippen LogP contribution in [-0.4, -0.2) is 6.54 Å². The van der Waals surface area contributed by atoms with Gasteiger partial charge in [-0.25, -0.2) is 0 Å². The van der Waals surface area contributed by atoms with Gasteiger partial charge in [0.05, 0.1) is 0 Å². The molecular weight excluding hydrogens is 346 g/mol. The summed E-state index contributed by atoms with van der Waals surface area (Å²) in [6.45, 7) is 8.04. The number of aryl methyl sites for hydroxylation is 1. The Morgan fingerprint density at radius 3 is 2.62 bits per heavy atom. The molecule has 1 aromatic carbocycles. The van der Waals surface area contributed by atoms with Crippen LogP contribution in [0.1, 0.15) is 42.1 Å². The SMILES string of the molecule is CCNC(C)c1ccc(Br)cc1OCc1ccc(CC)s1. The molecule has 2 aromatic rings. The van der Waals surface area contributed by atoms with Crippen molar-refractivity contribution in [3.05, 3.63) is 50.1 Å². The number of nitrogens with one attached hydrogen (secondary N) is 1. The molecule has 1 aromatic heterocycles. The van der Waals surface area contributed by atoms with Gasteiger partial charge in [-0.2, -0.15) is 0 Å². The van der Waals surface area contributed by atoms with E-state index in [1.807, 2.05) is 11.3 Å². The van der Waals surface area contributed by atoms with Gasteiger partial charge in [0.25, 0.3) is 0 Å². The Hall–Kier alpha value is -0.840. The first-order chi connectivity index (χ1) is 10.1. The zero-order valence-electron chi connectivity index (χ0n) is 12.8. The molecule has 0 saturated carbocycles. The number of hydrogen-bond acceptors (Lipinski definition) is 3. The second-order valence-corrected chi connectivity index (χ2v) is 7.14. The molecule has 0 aliphatic heterocycles. The van der Waals surface area contributed by atoms with E-state index in [-0.39, 0.29) is 6.04 Å². The van der Waals surface area contributed by atoms with Gasteiger partial charge in [0.2, 0.25) is 0 Å². The van der Waals surface area contributed by atoms with Crippen molar-refractivity contribution in [3.8, 4) is 5.75 Å². The average Bonchev–Trinajstić information content (AvgIpc) is 2.93. The van der Waals surface area contributed by atoms with E-state index in [2.05, 4.69) is 72.3 Å². The third kappa shape index (κ3) is 4.56. The number of ether oxygens (including phenoxy) is 1. The summed E-state index contributed by atoms with van der Waals surface area (Å²) in [6, 6.07) is 10.9. The summed E-state index contributed by atoms with van der Waals surface area (Å²) in [4.78, 5) is 2.68. The van der Waals surface area contributed by atoms with E-state index < -0.39 is 0 Å². The fraction of sp³-hybridized carbons (Fsp3) is 0.412. The molecule has 0 aliphatic rings. The van der Waals surface area contributed by atoms with Crippen molar-refractivity contribution in [2.24, 2.45) is 0 Å². The summed E-state index contributed by atoms with van der Waals surface area (Å²) in [5.41, 5.74) is 1.20. The van der Waals surface area contributed by atoms with Crippen LogP contribution < -0.4 is 10.1 Å². The second kappa shape index (κ2) is 7.97. The third-order valence-corrected chi connectivity index (χ3v) is 5.08. The number of halogens is 1. The largest absolute Gasteiger partial charge is 0.488 e. The van der Waals surface area contributed by atoms with E-state index in [4.69, 9.17) is 4.74 Å². The van der Waals surface area contributed by atoms with Gasteiger partial charge in [0, 0.05) is 25.8 Å². The quantitative estimate of drug-likeness (QED) is 0.714. The first kappa shape index (κ1) is 16.5. The number of rotatable bonds is 7. The Labute approximate surface area is 139 Å². The van der Waals surface area contributed by atoms with Gasteiger partial charge in [-0.1, -0.05) is 35.8 Å². The Kier molecular flexibility index (Phi) is 6.27. The topological polar surface area (TPSA) is 21.3 Å². The predicted molar refractivity (Wildman–Crippen MR) is 94.3 cm³/mol. The van der Waals surface area contributed by atoms with Crippen molar-refractivity contribution >= 4 is 27.3 Å². The zero-order chi connectivity index (χ0) is 15.2. The second-order valence-electron chi connectivity index (χ2n) is 4.97. The Balaban J connectivity index is 2.12. The first-order valence-corrected chi connectivity index (χ1v) is 8.98. The van der Waals surface area contributed by atoms with E-state index in [1.54, 1.807) is 0 Å². The molecule has 2 rings (SSSR count). The van der Waals surface area contributed by atoms with Crippen LogP contribution in [0.15, 0.2) is 34.8 Å². The molecule has 1 atom stereocenters. The van der Waals surface area contributed by atoms with E-state index in [0.29, 0.717) is 6.61 Å². The third-order valence-electron chi connectivity index (χ3n) is 3.39. The van der Waals surface area contributed by atoms with Crippen molar-refractivity contribution in [2.75, 3.05) is 6.54 Å². The molecule has 0 spiro atoms. The highest BCUT2D eigenvalue weighted by Crippen LogP contribution is 2.30. The van der Waals surface area contributed by atoms with Crippen LogP contribution in [0.4, 0.5) is 0 Å². The summed E-state index contributed by atoms with van der Waals surface area (Å²) < 4.78 is 7.12. The van der Waals surface area contributed by atoms with Crippen LogP contribution in [-0.2, 0) is 13.0 Å². The molecule has 114 valence electrons. The minimum atomic E-state index is 0.285. The van der Waals surface area contributed by atoms with Crippen molar-refractivity contribution in [2.45, 2.75) is 39.8 Å². The van der Waals surface area contributed by atoms with E-state index in [1.165, 1.54) is 15.3 Å². The number of hydrogen-bond donors (Lipinski definition) is 1. The van der Waals surface area contributed by atoms with Crippen molar-refractivity contribution in [1.29, 1.82) is 0 Å². The molecule has 0 aliphatic carbocycles. The average molecular weight is 368 g/mol. The maximum Gasteiger partial charge on any atom is 0.125 e. The first-order valence-electron chi connectivity index (χ1n) is 7.37. The molecule has 2 nitrogen and oxygen atoms in total. The summed E-state index contributed by atoms with van der Waals surface area (Å²) in [6.07, 6.45) is 1.09. The fourth-order valence-electron chi connectivity index (χ4n) is 2.25. The molecule has 1 N–H and O–H groups in total. The highest BCUT2D eigenvalue weighted by molar-refractivity contribution is 9.10. The van der Waals surface area contributed by atoms with Crippen LogP contribution in [0.2, 0.25) is 0 Å². The Morgan fingerprint density at radius 1 is 1.19 bits per heavy atom. The molecule has 0 saturated heterocycles. The minimum absolute atomic E-state index is 0.285. The van der Waals surface area contributed by atoms with Gasteiger partial charge in [0.15, 0.2) is 0 Å². The highest BCUT2D eigenvalue weighted by Gasteiger charge is 2.12. The molecule has 21 heavy (non-hydrogen) atoms. The lowest BCUT2D eigenvalue weighted by Gasteiger charge is -2.18. The number of thiophene rings is 1. The molecule has 1 unspecified atom stereocenters. The fourth-order valence-corrected chi connectivity index (χ4v) is 3.46. The maximum atomic E-state index is 6.07. The van der Waals surface area contributed by atoms with E-state index in [0.717, 1.165) is 23.2 Å². The lowest BCUT2D eigenvalue weighted by atomic mass is 10.1. The number of benzene rings is 1. The Morgan fingerprint density at radius 2 is 1.95 bits per heavy atom. The summed E-state index contributed by atoms with van der Waals surface area (Å²) >= 11 is 5.36. The van der Waals surface area contributed by atoms with Gasteiger partial charge in [-0.3, -0.25) is 0 Å². The minimum Gasteiger partial charge on any atom is -0.488 e. The lowest BCUT2D eigenvalue weighted by Crippen LogP contribution is -2.18. The molecular formula is C17H22BrNOS. The molecule has 0 bridgehead atoms.